The third-order valence-corrected chi connectivity index (χ3v) is 4.00. The molecule has 0 amide bonds. The van der Waals surface area contributed by atoms with Gasteiger partial charge < -0.3 is 9.67 Å². The van der Waals surface area contributed by atoms with Gasteiger partial charge in [-0.25, -0.2) is 4.98 Å². The Labute approximate surface area is 107 Å². The van der Waals surface area contributed by atoms with Crippen LogP contribution in [0, 0.1) is 5.41 Å². The Balaban J connectivity index is 1.93. The van der Waals surface area contributed by atoms with Crippen molar-refractivity contribution >= 4 is 5.97 Å². The van der Waals surface area contributed by atoms with Crippen LogP contribution >= 0.6 is 0 Å². The molecule has 1 aromatic heterocycles. The standard InChI is InChI=1S/C13H21N3O2/c1-3-16-10-14-8-11(16)9-15-6-4-13(2,5-7-15)12(17)18/h8,10H,3-7,9H2,1-2H3,(H,17,18). The summed E-state index contributed by atoms with van der Waals surface area (Å²) < 4.78 is 2.13. The van der Waals surface area contributed by atoms with E-state index < -0.39 is 11.4 Å². The minimum absolute atomic E-state index is 0.540. The molecule has 100 valence electrons. The number of hydrogen-bond acceptors (Lipinski definition) is 3. The molecule has 1 N–H and O–H groups in total. The fourth-order valence-electron chi connectivity index (χ4n) is 2.41. The molecule has 18 heavy (non-hydrogen) atoms. The van der Waals surface area contributed by atoms with Crippen LogP contribution in [0.1, 0.15) is 32.4 Å². The van der Waals surface area contributed by atoms with E-state index >= 15 is 0 Å². The van der Waals surface area contributed by atoms with E-state index in [2.05, 4.69) is 21.4 Å². The molecule has 0 spiro atoms. The highest BCUT2D eigenvalue weighted by molar-refractivity contribution is 5.74. The van der Waals surface area contributed by atoms with Gasteiger partial charge >= 0.3 is 5.97 Å². The number of likely N-dealkylation sites (tertiary alicyclic amines) is 1. The zero-order valence-corrected chi connectivity index (χ0v) is 11.1. The summed E-state index contributed by atoms with van der Waals surface area (Å²) in [5.41, 5.74) is 0.665. The van der Waals surface area contributed by atoms with E-state index in [1.807, 2.05) is 19.4 Å². The minimum atomic E-state index is -0.666. The predicted octanol–water partition coefficient (Wildman–Crippen LogP) is 1.59. The van der Waals surface area contributed by atoms with Gasteiger partial charge in [0.1, 0.15) is 0 Å². The summed E-state index contributed by atoms with van der Waals surface area (Å²) in [5, 5.41) is 9.19. The molecule has 0 aliphatic carbocycles. The summed E-state index contributed by atoms with van der Waals surface area (Å²) in [6, 6.07) is 0. The fourth-order valence-corrected chi connectivity index (χ4v) is 2.41. The lowest BCUT2D eigenvalue weighted by Crippen LogP contribution is -2.42. The molecule has 1 aliphatic heterocycles. The number of imidazole rings is 1. The Bertz CT molecular complexity index is 420. The number of carbonyl (C=O) groups is 1. The SMILES string of the molecule is CCn1cncc1CN1CCC(C)(C(=O)O)CC1. The number of aryl methyl sites for hydroxylation is 1. The van der Waals surface area contributed by atoms with Gasteiger partial charge in [-0.2, -0.15) is 0 Å². The highest BCUT2D eigenvalue weighted by Crippen LogP contribution is 2.31. The van der Waals surface area contributed by atoms with Gasteiger partial charge in [0.05, 0.1) is 17.4 Å². The number of carboxylic acids is 1. The van der Waals surface area contributed by atoms with Gasteiger partial charge in [-0.1, -0.05) is 0 Å². The Morgan fingerprint density at radius 1 is 1.50 bits per heavy atom. The van der Waals surface area contributed by atoms with Crippen molar-refractivity contribution < 1.29 is 9.90 Å². The van der Waals surface area contributed by atoms with Crippen LogP contribution in [-0.4, -0.2) is 38.6 Å². The summed E-state index contributed by atoms with van der Waals surface area (Å²) in [7, 11) is 0. The Hall–Kier alpha value is -1.36. The van der Waals surface area contributed by atoms with Gasteiger partial charge in [-0.15, -0.1) is 0 Å². The first kappa shape index (κ1) is 13.1. The van der Waals surface area contributed by atoms with Crippen molar-refractivity contribution in [3.63, 3.8) is 0 Å². The minimum Gasteiger partial charge on any atom is -0.481 e. The quantitative estimate of drug-likeness (QED) is 0.883. The molecule has 0 saturated carbocycles. The summed E-state index contributed by atoms with van der Waals surface area (Å²) in [6.45, 7) is 7.43. The summed E-state index contributed by atoms with van der Waals surface area (Å²) in [6.07, 6.45) is 5.19. The highest BCUT2D eigenvalue weighted by Gasteiger charge is 2.36. The van der Waals surface area contributed by atoms with Crippen molar-refractivity contribution in [2.75, 3.05) is 13.1 Å². The van der Waals surface area contributed by atoms with E-state index in [9.17, 15) is 9.90 Å². The number of nitrogens with zero attached hydrogens (tertiary/aromatic N) is 3. The summed E-state index contributed by atoms with van der Waals surface area (Å²) in [5.74, 6) is -0.666. The number of hydrogen-bond donors (Lipinski definition) is 1. The second-order valence-corrected chi connectivity index (χ2v) is 5.31. The number of aromatic nitrogens is 2. The molecule has 2 rings (SSSR count). The molecule has 0 radical (unpaired) electrons. The topological polar surface area (TPSA) is 58.4 Å². The van der Waals surface area contributed by atoms with Gasteiger partial charge in [0.25, 0.3) is 0 Å². The van der Waals surface area contributed by atoms with Gasteiger partial charge in [-0.3, -0.25) is 9.69 Å². The van der Waals surface area contributed by atoms with Gasteiger partial charge in [0.15, 0.2) is 0 Å². The van der Waals surface area contributed by atoms with Crippen molar-refractivity contribution in [1.29, 1.82) is 0 Å². The van der Waals surface area contributed by atoms with Crippen LogP contribution in [0.5, 0.6) is 0 Å². The van der Waals surface area contributed by atoms with E-state index in [1.165, 1.54) is 5.69 Å². The molecule has 2 heterocycles. The van der Waals surface area contributed by atoms with E-state index in [-0.39, 0.29) is 0 Å². The maximum Gasteiger partial charge on any atom is 0.309 e. The van der Waals surface area contributed by atoms with Crippen molar-refractivity contribution in [2.45, 2.75) is 39.8 Å². The van der Waals surface area contributed by atoms with Crippen molar-refractivity contribution in [1.82, 2.24) is 14.5 Å². The van der Waals surface area contributed by atoms with Gasteiger partial charge in [0, 0.05) is 19.3 Å². The van der Waals surface area contributed by atoms with Crippen LogP contribution in [0.4, 0.5) is 0 Å². The number of aliphatic carboxylic acids is 1. The van der Waals surface area contributed by atoms with Crippen LogP contribution in [0.15, 0.2) is 12.5 Å². The van der Waals surface area contributed by atoms with E-state index in [4.69, 9.17) is 0 Å². The van der Waals surface area contributed by atoms with Gasteiger partial charge in [-0.05, 0) is 39.8 Å². The highest BCUT2D eigenvalue weighted by atomic mass is 16.4. The predicted molar refractivity (Wildman–Crippen MR) is 68.2 cm³/mol. The Morgan fingerprint density at radius 3 is 2.72 bits per heavy atom. The number of piperidine rings is 1. The molecule has 0 atom stereocenters. The first-order chi connectivity index (χ1) is 8.55. The van der Waals surface area contributed by atoms with Crippen LogP contribution in [0.3, 0.4) is 0 Å². The zero-order chi connectivity index (χ0) is 13.2. The second-order valence-electron chi connectivity index (χ2n) is 5.31. The lowest BCUT2D eigenvalue weighted by Gasteiger charge is -2.36. The summed E-state index contributed by atoms with van der Waals surface area (Å²) >= 11 is 0. The number of rotatable bonds is 4. The first-order valence-electron chi connectivity index (χ1n) is 6.50. The third kappa shape index (κ3) is 2.56. The second kappa shape index (κ2) is 5.10. The first-order valence-corrected chi connectivity index (χ1v) is 6.50. The molecule has 0 unspecified atom stereocenters. The molecular weight excluding hydrogens is 230 g/mol. The lowest BCUT2D eigenvalue weighted by atomic mass is 9.80. The summed E-state index contributed by atoms with van der Waals surface area (Å²) in [4.78, 5) is 17.6. The largest absolute Gasteiger partial charge is 0.481 e. The molecule has 1 aliphatic rings. The van der Waals surface area contributed by atoms with E-state index in [1.54, 1.807) is 0 Å². The maximum absolute atomic E-state index is 11.2. The van der Waals surface area contributed by atoms with Crippen molar-refractivity contribution in [3.05, 3.63) is 18.2 Å². The van der Waals surface area contributed by atoms with Gasteiger partial charge in [0.2, 0.25) is 0 Å². The van der Waals surface area contributed by atoms with Crippen LogP contribution < -0.4 is 0 Å². The molecule has 1 saturated heterocycles. The molecule has 1 fully saturated rings. The lowest BCUT2D eigenvalue weighted by molar-refractivity contribution is -0.150. The van der Waals surface area contributed by atoms with Crippen LogP contribution in [0.25, 0.3) is 0 Å². The fraction of sp³-hybridized carbons (Fsp3) is 0.692. The number of carboxylic acid groups (broad SMARTS) is 1. The van der Waals surface area contributed by atoms with Crippen molar-refractivity contribution in [3.8, 4) is 0 Å². The molecule has 0 bridgehead atoms. The Morgan fingerprint density at radius 2 is 2.17 bits per heavy atom. The molecule has 1 aromatic rings. The average Bonchev–Trinajstić information content (AvgIpc) is 2.79. The maximum atomic E-state index is 11.2. The van der Waals surface area contributed by atoms with Crippen LogP contribution in [0.2, 0.25) is 0 Å². The van der Waals surface area contributed by atoms with E-state index in [0.717, 1.165) is 39.0 Å². The average molecular weight is 251 g/mol. The normalized spacial score (nSPS) is 19.9. The molecule has 5 heteroatoms. The smallest absolute Gasteiger partial charge is 0.309 e. The monoisotopic (exact) mass is 251 g/mol. The molecule has 0 aromatic carbocycles. The van der Waals surface area contributed by atoms with Crippen molar-refractivity contribution in [2.24, 2.45) is 5.41 Å². The van der Waals surface area contributed by atoms with Crippen LogP contribution in [-0.2, 0) is 17.9 Å². The Kier molecular flexibility index (Phi) is 3.71. The zero-order valence-electron chi connectivity index (χ0n) is 11.1. The van der Waals surface area contributed by atoms with E-state index in [0.29, 0.717) is 0 Å². The molecular formula is C13H21N3O2. The third-order valence-electron chi connectivity index (χ3n) is 4.00. The molecule has 5 nitrogen and oxygen atoms in total.